The minimum Gasteiger partial charge on any atom is -0.223 e. The first-order valence-corrected chi connectivity index (χ1v) is 7.54. The van der Waals surface area contributed by atoms with Crippen LogP contribution in [0.25, 0.3) is 0 Å². The Kier molecular flexibility index (Phi) is 4.57. The summed E-state index contributed by atoms with van der Waals surface area (Å²) in [6, 6.07) is 6.74. The highest BCUT2D eigenvalue weighted by molar-refractivity contribution is 9.09. The first kappa shape index (κ1) is 13.3. The van der Waals surface area contributed by atoms with Crippen molar-refractivity contribution in [2.45, 2.75) is 24.0 Å². The second-order valence-electron chi connectivity index (χ2n) is 3.56. The fourth-order valence-corrected chi connectivity index (χ4v) is 2.40. The van der Waals surface area contributed by atoms with Crippen LogP contribution in [-0.4, -0.2) is 19.0 Å². The van der Waals surface area contributed by atoms with Gasteiger partial charge in [0.15, 0.2) is 9.84 Å². The SMILES string of the molecule is CC(C)S(=O)(=O)c1cccc(C#CCBr)c1. The summed E-state index contributed by atoms with van der Waals surface area (Å²) in [5.41, 5.74) is 0.723. The molecule has 0 amide bonds. The number of alkyl halides is 1. The van der Waals surface area contributed by atoms with Crippen LogP contribution in [0.3, 0.4) is 0 Å². The van der Waals surface area contributed by atoms with Gasteiger partial charge in [-0.25, -0.2) is 8.42 Å². The topological polar surface area (TPSA) is 34.1 Å². The average Bonchev–Trinajstić information content (AvgIpc) is 2.26. The zero-order chi connectivity index (χ0) is 12.2. The maximum atomic E-state index is 11.9. The quantitative estimate of drug-likeness (QED) is 0.621. The van der Waals surface area contributed by atoms with Crippen LogP contribution in [0.15, 0.2) is 29.2 Å². The zero-order valence-corrected chi connectivity index (χ0v) is 11.6. The Morgan fingerprint density at radius 2 is 2.06 bits per heavy atom. The van der Waals surface area contributed by atoms with E-state index in [1.807, 2.05) is 0 Å². The lowest BCUT2D eigenvalue weighted by molar-refractivity contribution is 0.587. The molecule has 1 rings (SSSR count). The molecule has 0 heterocycles. The van der Waals surface area contributed by atoms with E-state index in [1.165, 1.54) is 0 Å². The fraction of sp³-hybridized carbons (Fsp3) is 0.333. The third kappa shape index (κ3) is 3.10. The van der Waals surface area contributed by atoms with Gasteiger partial charge in [-0.3, -0.25) is 0 Å². The maximum absolute atomic E-state index is 11.9. The number of halogens is 1. The van der Waals surface area contributed by atoms with Crippen LogP contribution in [0.4, 0.5) is 0 Å². The Morgan fingerprint density at radius 1 is 1.38 bits per heavy atom. The van der Waals surface area contributed by atoms with Crippen LogP contribution in [-0.2, 0) is 9.84 Å². The second kappa shape index (κ2) is 5.51. The summed E-state index contributed by atoms with van der Waals surface area (Å²) in [5, 5.41) is 0.167. The van der Waals surface area contributed by atoms with Crippen LogP contribution in [0, 0.1) is 11.8 Å². The van der Waals surface area contributed by atoms with Crippen LogP contribution in [0.5, 0.6) is 0 Å². The number of hydrogen-bond donors (Lipinski definition) is 0. The molecule has 0 radical (unpaired) electrons. The molecule has 0 saturated heterocycles. The Bertz CT molecular complexity index is 521. The lowest BCUT2D eigenvalue weighted by atomic mass is 10.2. The minimum atomic E-state index is -3.20. The summed E-state index contributed by atoms with van der Waals surface area (Å²) in [6.45, 7) is 3.35. The van der Waals surface area contributed by atoms with Gasteiger partial charge >= 0.3 is 0 Å². The van der Waals surface area contributed by atoms with E-state index >= 15 is 0 Å². The van der Waals surface area contributed by atoms with Crippen molar-refractivity contribution in [2.24, 2.45) is 0 Å². The molecule has 86 valence electrons. The van der Waals surface area contributed by atoms with Crippen molar-refractivity contribution < 1.29 is 8.42 Å². The number of rotatable bonds is 2. The summed E-state index contributed by atoms with van der Waals surface area (Å²) in [7, 11) is -3.20. The van der Waals surface area contributed by atoms with Crippen molar-refractivity contribution in [3.8, 4) is 11.8 Å². The van der Waals surface area contributed by atoms with Gasteiger partial charge < -0.3 is 0 Å². The van der Waals surface area contributed by atoms with E-state index in [0.717, 1.165) is 5.56 Å². The van der Waals surface area contributed by atoms with E-state index in [4.69, 9.17) is 0 Å². The van der Waals surface area contributed by atoms with Crippen LogP contribution >= 0.6 is 15.9 Å². The van der Waals surface area contributed by atoms with E-state index in [-0.39, 0.29) is 0 Å². The summed E-state index contributed by atoms with van der Waals surface area (Å²) < 4.78 is 23.8. The highest BCUT2D eigenvalue weighted by Crippen LogP contribution is 2.16. The third-order valence-electron chi connectivity index (χ3n) is 2.08. The van der Waals surface area contributed by atoms with Gasteiger partial charge in [-0.1, -0.05) is 33.8 Å². The molecule has 0 spiro atoms. The molecule has 0 unspecified atom stereocenters. The third-order valence-corrected chi connectivity index (χ3v) is 4.52. The lowest BCUT2D eigenvalue weighted by Gasteiger charge is -2.07. The molecule has 4 heteroatoms. The molecule has 0 aliphatic rings. The lowest BCUT2D eigenvalue weighted by Crippen LogP contribution is -2.13. The van der Waals surface area contributed by atoms with E-state index in [1.54, 1.807) is 38.1 Å². The molecule has 0 bridgehead atoms. The first-order valence-electron chi connectivity index (χ1n) is 4.87. The summed E-state index contributed by atoms with van der Waals surface area (Å²) in [5.74, 6) is 5.73. The Hall–Kier alpha value is -0.790. The first-order chi connectivity index (χ1) is 7.48. The zero-order valence-electron chi connectivity index (χ0n) is 9.20. The highest BCUT2D eigenvalue weighted by atomic mass is 79.9. The number of sulfone groups is 1. The highest BCUT2D eigenvalue weighted by Gasteiger charge is 2.18. The maximum Gasteiger partial charge on any atom is 0.180 e. The molecule has 0 N–H and O–H groups in total. The molecule has 1 aromatic rings. The molecular weight excluding hydrogens is 288 g/mol. The molecule has 0 aromatic heterocycles. The van der Waals surface area contributed by atoms with Gasteiger partial charge in [0.05, 0.1) is 15.5 Å². The molecule has 0 fully saturated rings. The van der Waals surface area contributed by atoms with Crippen molar-refractivity contribution in [1.29, 1.82) is 0 Å². The summed E-state index contributed by atoms with van der Waals surface area (Å²) >= 11 is 3.20. The van der Waals surface area contributed by atoms with Crippen LogP contribution in [0.2, 0.25) is 0 Å². The molecule has 16 heavy (non-hydrogen) atoms. The largest absolute Gasteiger partial charge is 0.223 e. The van der Waals surface area contributed by atoms with Gasteiger partial charge in [-0.15, -0.1) is 0 Å². The van der Waals surface area contributed by atoms with Crippen molar-refractivity contribution in [3.05, 3.63) is 29.8 Å². The van der Waals surface area contributed by atoms with Crippen LogP contribution < -0.4 is 0 Å². The fourth-order valence-electron chi connectivity index (χ4n) is 1.16. The van der Waals surface area contributed by atoms with Gasteiger partial charge in [0.25, 0.3) is 0 Å². The molecule has 0 aliphatic carbocycles. The Balaban J connectivity index is 3.18. The predicted molar refractivity (Wildman–Crippen MR) is 69.4 cm³/mol. The smallest absolute Gasteiger partial charge is 0.180 e. The van der Waals surface area contributed by atoms with Crippen LogP contribution in [0.1, 0.15) is 19.4 Å². The normalized spacial score (nSPS) is 11.0. The predicted octanol–water partition coefficient (Wildman–Crippen LogP) is 2.62. The van der Waals surface area contributed by atoms with Gasteiger partial charge in [-0.05, 0) is 32.0 Å². The minimum absolute atomic E-state index is 0.337. The average molecular weight is 301 g/mol. The van der Waals surface area contributed by atoms with E-state index < -0.39 is 15.1 Å². The standard InChI is InChI=1S/C12H13BrO2S/c1-10(2)16(14,15)12-7-3-5-11(9-12)6-4-8-13/h3,5,7,9-10H,8H2,1-2H3. The molecule has 2 nitrogen and oxygen atoms in total. The van der Waals surface area contributed by atoms with Gasteiger partial charge in [0, 0.05) is 5.56 Å². The molecule has 0 saturated carbocycles. The monoisotopic (exact) mass is 300 g/mol. The molecule has 0 atom stereocenters. The second-order valence-corrected chi connectivity index (χ2v) is 6.62. The molecule has 0 aliphatic heterocycles. The van der Waals surface area contributed by atoms with Crippen molar-refractivity contribution in [1.82, 2.24) is 0 Å². The van der Waals surface area contributed by atoms with Crippen molar-refractivity contribution in [3.63, 3.8) is 0 Å². The molecular formula is C12H13BrO2S. The Labute approximate surface area is 105 Å². The van der Waals surface area contributed by atoms with Crippen molar-refractivity contribution >= 4 is 25.8 Å². The van der Waals surface area contributed by atoms with Gasteiger partial charge in [-0.2, -0.15) is 0 Å². The van der Waals surface area contributed by atoms with E-state index in [0.29, 0.717) is 10.2 Å². The molecule has 1 aromatic carbocycles. The Morgan fingerprint density at radius 3 is 2.62 bits per heavy atom. The number of benzene rings is 1. The van der Waals surface area contributed by atoms with E-state index in [9.17, 15) is 8.42 Å². The summed E-state index contributed by atoms with van der Waals surface area (Å²) in [6.07, 6.45) is 0. The van der Waals surface area contributed by atoms with Gasteiger partial charge in [0.2, 0.25) is 0 Å². The van der Waals surface area contributed by atoms with Crippen molar-refractivity contribution in [2.75, 3.05) is 5.33 Å². The van der Waals surface area contributed by atoms with E-state index in [2.05, 4.69) is 27.8 Å². The summed E-state index contributed by atoms with van der Waals surface area (Å²) in [4.78, 5) is 0.337. The number of hydrogen-bond acceptors (Lipinski definition) is 2. The van der Waals surface area contributed by atoms with Gasteiger partial charge in [0.1, 0.15) is 0 Å².